The van der Waals surface area contributed by atoms with Gasteiger partial charge in [-0.3, -0.25) is 4.79 Å². The predicted octanol–water partition coefficient (Wildman–Crippen LogP) is 2.21. The number of rotatable bonds is 3. The maximum Gasteiger partial charge on any atom is 0.271 e. The van der Waals surface area contributed by atoms with Gasteiger partial charge < -0.3 is 14.5 Å². The van der Waals surface area contributed by atoms with E-state index in [1.165, 1.54) is 0 Å². The molecule has 0 spiro atoms. The van der Waals surface area contributed by atoms with Crippen LogP contribution in [0.4, 0.5) is 0 Å². The summed E-state index contributed by atoms with van der Waals surface area (Å²) < 4.78 is 2.23. The van der Waals surface area contributed by atoms with Crippen LogP contribution in [0.3, 0.4) is 0 Å². The SMILES string of the molecule is CC(C)c1nccn1[C@H]1CCCN(C(=O)c2cnc[nH]2)C1. The highest BCUT2D eigenvalue weighted by molar-refractivity contribution is 5.92. The van der Waals surface area contributed by atoms with Crippen LogP contribution in [0.2, 0.25) is 0 Å². The molecule has 6 nitrogen and oxygen atoms in total. The third kappa shape index (κ3) is 2.70. The Morgan fingerprint density at radius 2 is 2.33 bits per heavy atom. The summed E-state index contributed by atoms with van der Waals surface area (Å²) in [5, 5.41) is 0. The Morgan fingerprint density at radius 3 is 3.05 bits per heavy atom. The van der Waals surface area contributed by atoms with Crippen LogP contribution >= 0.6 is 0 Å². The van der Waals surface area contributed by atoms with E-state index in [1.54, 1.807) is 12.5 Å². The molecular formula is C15H21N5O. The van der Waals surface area contributed by atoms with E-state index >= 15 is 0 Å². The Bertz CT molecular complexity index is 601. The van der Waals surface area contributed by atoms with Crippen LogP contribution in [0.5, 0.6) is 0 Å². The van der Waals surface area contributed by atoms with Crippen LogP contribution < -0.4 is 0 Å². The summed E-state index contributed by atoms with van der Waals surface area (Å²) in [6, 6.07) is 0.311. The monoisotopic (exact) mass is 287 g/mol. The lowest BCUT2D eigenvalue weighted by atomic mass is 10.0. The number of aromatic amines is 1. The number of imidazole rings is 2. The number of H-pyrrole nitrogens is 1. The molecule has 0 bridgehead atoms. The molecule has 1 N–H and O–H groups in total. The number of carbonyl (C=O) groups excluding carboxylic acids is 1. The summed E-state index contributed by atoms with van der Waals surface area (Å²) >= 11 is 0. The van der Waals surface area contributed by atoms with Gasteiger partial charge in [-0.25, -0.2) is 9.97 Å². The van der Waals surface area contributed by atoms with Crippen molar-refractivity contribution in [1.82, 2.24) is 24.4 Å². The van der Waals surface area contributed by atoms with E-state index in [-0.39, 0.29) is 5.91 Å². The van der Waals surface area contributed by atoms with Crippen molar-refractivity contribution in [2.75, 3.05) is 13.1 Å². The van der Waals surface area contributed by atoms with Crippen LogP contribution in [0, 0.1) is 0 Å². The lowest BCUT2D eigenvalue weighted by molar-refractivity contribution is 0.0672. The molecule has 0 saturated carbocycles. The Kier molecular flexibility index (Phi) is 3.77. The van der Waals surface area contributed by atoms with E-state index in [9.17, 15) is 4.79 Å². The summed E-state index contributed by atoms with van der Waals surface area (Å²) in [5.74, 6) is 1.51. The molecule has 1 aliphatic rings. The smallest absolute Gasteiger partial charge is 0.271 e. The molecule has 0 aliphatic carbocycles. The van der Waals surface area contributed by atoms with Crippen LogP contribution in [0.1, 0.15) is 55.0 Å². The molecule has 0 unspecified atom stereocenters. The standard InChI is InChI=1S/C15H21N5O/c1-11(2)14-17-5-7-20(14)12-4-3-6-19(9-12)15(21)13-8-16-10-18-13/h5,7-8,10-12H,3-4,6,9H2,1-2H3,(H,16,18)/t12-/m0/s1. The van der Waals surface area contributed by atoms with Gasteiger partial charge in [-0.05, 0) is 12.8 Å². The summed E-state index contributed by atoms with van der Waals surface area (Å²) in [4.78, 5) is 25.6. The molecule has 1 aliphatic heterocycles. The van der Waals surface area contributed by atoms with E-state index < -0.39 is 0 Å². The zero-order chi connectivity index (χ0) is 14.8. The number of nitrogens with one attached hydrogen (secondary N) is 1. The first-order chi connectivity index (χ1) is 10.2. The van der Waals surface area contributed by atoms with Crippen molar-refractivity contribution in [2.24, 2.45) is 0 Å². The van der Waals surface area contributed by atoms with Gasteiger partial charge >= 0.3 is 0 Å². The van der Waals surface area contributed by atoms with Gasteiger partial charge in [0.05, 0.1) is 18.6 Å². The fourth-order valence-electron chi connectivity index (χ4n) is 2.99. The first-order valence-electron chi connectivity index (χ1n) is 7.47. The number of aromatic nitrogens is 4. The second kappa shape index (κ2) is 5.71. The molecule has 0 aromatic carbocycles. The summed E-state index contributed by atoms with van der Waals surface area (Å²) in [6.45, 7) is 5.83. The number of likely N-dealkylation sites (tertiary alicyclic amines) is 1. The molecule has 0 radical (unpaired) electrons. The first kappa shape index (κ1) is 13.9. The third-order valence-corrected chi connectivity index (χ3v) is 4.02. The number of carbonyl (C=O) groups is 1. The summed E-state index contributed by atoms with van der Waals surface area (Å²) in [5.41, 5.74) is 0.561. The Hall–Kier alpha value is -2.11. The molecule has 6 heteroatoms. The topological polar surface area (TPSA) is 66.8 Å². The highest BCUT2D eigenvalue weighted by Gasteiger charge is 2.27. The first-order valence-corrected chi connectivity index (χ1v) is 7.47. The molecule has 1 atom stereocenters. The van der Waals surface area contributed by atoms with E-state index in [2.05, 4.69) is 33.4 Å². The number of piperidine rings is 1. The second-order valence-electron chi connectivity index (χ2n) is 5.86. The lowest BCUT2D eigenvalue weighted by Gasteiger charge is -2.34. The second-order valence-corrected chi connectivity index (χ2v) is 5.86. The fourth-order valence-corrected chi connectivity index (χ4v) is 2.99. The quantitative estimate of drug-likeness (QED) is 0.941. The third-order valence-electron chi connectivity index (χ3n) is 4.02. The summed E-state index contributed by atoms with van der Waals surface area (Å²) in [7, 11) is 0. The highest BCUT2D eigenvalue weighted by Crippen LogP contribution is 2.26. The van der Waals surface area contributed by atoms with Crippen LogP contribution in [-0.4, -0.2) is 43.4 Å². The Labute approximate surface area is 124 Å². The van der Waals surface area contributed by atoms with Crippen molar-refractivity contribution in [3.05, 3.63) is 36.4 Å². The Morgan fingerprint density at radius 1 is 1.48 bits per heavy atom. The average molecular weight is 287 g/mol. The minimum absolute atomic E-state index is 0.0309. The van der Waals surface area contributed by atoms with Crippen molar-refractivity contribution in [2.45, 2.75) is 38.6 Å². The normalized spacial score (nSPS) is 19.2. The molecule has 1 amide bonds. The van der Waals surface area contributed by atoms with Gasteiger partial charge in [0.25, 0.3) is 5.91 Å². The highest BCUT2D eigenvalue weighted by atomic mass is 16.2. The largest absolute Gasteiger partial charge is 0.341 e. The maximum absolute atomic E-state index is 12.4. The summed E-state index contributed by atoms with van der Waals surface area (Å²) in [6.07, 6.45) is 9.11. The number of amides is 1. The molecule has 21 heavy (non-hydrogen) atoms. The molecule has 1 saturated heterocycles. The lowest BCUT2D eigenvalue weighted by Crippen LogP contribution is -2.41. The molecule has 1 fully saturated rings. The Balaban J connectivity index is 1.77. The van der Waals surface area contributed by atoms with E-state index in [0.29, 0.717) is 17.7 Å². The van der Waals surface area contributed by atoms with Crippen molar-refractivity contribution in [1.29, 1.82) is 0 Å². The van der Waals surface area contributed by atoms with Crippen molar-refractivity contribution < 1.29 is 4.79 Å². The number of hydrogen-bond donors (Lipinski definition) is 1. The van der Waals surface area contributed by atoms with Crippen LogP contribution in [0.15, 0.2) is 24.9 Å². The van der Waals surface area contributed by atoms with Gasteiger partial charge in [-0.15, -0.1) is 0 Å². The molecular weight excluding hydrogens is 266 g/mol. The van der Waals surface area contributed by atoms with Gasteiger partial charge in [-0.1, -0.05) is 13.8 Å². The van der Waals surface area contributed by atoms with Gasteiger partial charge in [0.2, 0.25) is 0 Å². The maximum atomic E-state index is 12.4. The minimum Gasteiger partial charge on any atom is -0.341 e. The van der Waals surface area contributed by atoms with Crippen LogP contribution in [-0.2, 0) is 0 Å². The van der Waals surface area contributed by atoms with E-state index in [0.717, 1.165) is 31.8 Å². The predicted molar refractivity (Wildman–Crippen MR) is 79.1 cm³/mol. The fraction of sp³-hybridized carbons (Fsp3) is 0.533. The van der Waals surface area contributed by atoms with Crippen molar-refractivity contribution in [3.8, 4) is 0 Å². The van der Waals surface area contributed by atoms with Crippen molar-refractivity contribution >= 4 is 5.91 Å². The van der Waals surface area contributed by atoms with Gasteiger partial charge in [0, 0.05) is 31.4 Å². The molecule has 2 aromatic heterocycles. The van der Waals surface area contributed by atoms with E-state index in [4.69, 9.17) is 0 Å². The molecule has 112 valence electrons. The van der Waals surface area contributed by atoms with E-state index in [1.807, 2.05) is 17.3 Å². The zero-order valence-electron chi connectivity index (χ0n) is 12.5. The molecule has 2 aromatic rings. The van der Waals surface area contributed by atoms with Crippen LogP contribution in [0.25, 0.3) is 0 Å². The molecule has 3 heterocycles. The van der Waals surface area contributed by atoms with Gasteiger partial charge in [-0.2, -0.15) is 0 Å². The van der Waals surface area contributed by atoms with Gasteiger partial charge in [0.15, 0.2) is 0 Å². The average Bonchev–Trinajstić information content (AvgIpc) is 3.17. The zero-order valence-corrected chi connectivity index (χ0v) is 12.5. The van der Waals surface area contributed by atoms with Crippen molar-refractivity contribution in [3.63, 3.8) is 0 Å². The number of nitrogens with zero attached hydrogens (tertiary/aromatic N) is 4. The molecule has 3 rings (SSSR count). The minimum atomic E-state index is 0.0309. The van der Waals surface area contributed by atoms with Gasteiger partial charge in [0.1, 0.15) is 11.5 Å². The number of hydrogen-bond acceptors (Lipinski definition) is 3.